The fourth-order valence-corrected chi connectivity index (χ4v) is 1.30. The number of aryl methyl sites for hydroxylation is 1. The summed E-state index contributed by atoms with van der Waals surface area (Å²) in [6, 6.07) is 1.89. The van der Waals surface area contributed by atoms with Gasteiger partial charge in [-0.1, -0.05) is 0 Å². The van der Waals surface area contributed by atoms with Gasteiger partial charge in [0.1, 0.15) is 17.6 Å². The van der Waals surface area contributed by atoms with Gasteiger partial charge in [-0.3, -0.25) is 9.59 Å². The molecule has 1 rings (SSSR count). The Morgan fingerprint density at radius 3 is 2.53 bits per heavy atom. The Bertz CT molecular complexity index is 516. The number of hydrogen-bond acceptors (Lipinski definition) is 4. The number of carboxylic acids is 2. The van der Waals surface area contributed by atoms with Gasteiger partial charge in [0.2, 0.25) is 5.91 Å². The molecule has 0 aliphatic heterocycles. The fourth-order valence-electron chi connectivity index (χ4n) is 1.30. The van der Waals surface area contributed by atoms with E-state index < -0.39 is 30.3 Å². The van der Waals surface area contributed by atoms with Crippen LogP contribution < -0.4 is 5.32 Å². The summed E-state index contributed by atoms with van der Waals surface area (Å²) in [5.74, 6) is -2.30. The molecule has 0 spiro atoms. The smallest absolute Gasteiger partial charge is 0.326 e. The zero-order chi connectivity index (χ0) is 14.4. The molecule has 0 saturated carbocycles. The maximum atomic E-state index is 11.4. The van der Waals surface area contributed by atoms with Crippen LogP contribution in [0.3, 0.4) is 0 Å². The number of hydrogen-bond donors (Lipinski definition) is 3. The highest BCUT2D eigenvalue weighted by Crippen LogP contribution is 2.07. The van der Waals surface area contributed by atoms with Gasteiger partial charge in [-0.05, 0) is 25.1 Å². The zero-order valence-corrected chi connectivity index (χ0v) is 10.1. The van der Waals surface area contributed by atoms with Gasteiger partial charge in [-0.2, -0.15) is 0 Å². The van der Waals surface area contributed by atoms with Gasteiger partial charge in [-0.25, -0.2) is 4.79 Å². The molecule has 3 N–H and O–H groups in total. The molecule has 0 saturated heterocycles. The highest BCUT2D eigenvalue weighted by atomic mass is 16.4. The second-order valence-corrected chi connectivity index (χ2v) is 3.78. The highest BCUT2D eigenvalue weighted by Gasteiger charge is 2.21. The largest absolute Gasteiger partial charge is 0.481 e. The summed E-state index contributed by atoms with van der Waals surface area (Å²) in [4.78, 5) is 32.6. The Kier molecular flexibility index (Phi) is 4.87. The molecule has 1 amide bonds. The minimum absolute atomic E-state index is 0.442. The first-order valence-corrected chi connectivity index (χ1v) is 5.38. The predicted octanol–water partition coefficient (Wildman–Crippen LogP) is 0.645. The summed E-state index contributed by atoms with van der Waals surface area (Å²) >= 11 is 0. The van der Waals surface area contributed by atoms with Gasteiger partial charge in [0, 0.05) is 6.08 Å². The lowest BCUT2D eigenvalue weighted by molar-refractivity contribution is -0.146. The van der Waals surface area contributed by atoms with Crippen molar-refractivity contribution >= 4 is 23.9 Å². The Hall–Kier alpha value is -2.57. The van der Waals surface area contributed by atoms with Crippen molar-refractivity contribution in [3.63, 3.8) is 0 Å². The van der Waals surface area contributed by atoms with Gasteiger partial charge in [-0.15, -0.1) is 0 Å². The predicted molar refractivity (Wildman–Crippen MR) is 64.3 cm³/mol. The second kappa shape index (κ2) is 6.39. The molecule has 0 aliphatic rings. The average molecular weight is 267 g/mol. The molecular weight excluding hydrogens is 254 g/mol. The monoisotopic (exact) mass is 267 g/mol. The van der Waals surface area contributed by atoms with Crippen LogP contribution in [-0.4, -0.2) is 34.1 Å². The fraction of sp³-hybridized carbons (Fsp3) is 0.250. The third-order valence-corrected chi connectivity index (χ3v) is 2.15. The number of carboxylic acid groups (broad SMARTS) is 2. The van der Waals surface area contributed by atoms with E-state index >= 15 is 0 Å². The second-order valence-electron chi connectivity index (χ2n) is 3.78. The quantitative estimate of drug-likeness (QED) is 0.651. The molecule has 7 nitrogen and oxygen atoms in total. The number of nitrogens with one attached hydrogen (secondary N) is 1. The van der Waals surface area contributed by atoms with E-state index in [1.54, 1.807) is 19.1 Å². The summed E-state index contributed by atoms with van der Waals surface area (Å²) in [6.45, 7) is 1.74. The maximum Gasteiger partial charge on any atom is 0.326 e. The third-order valence-electron chi connectivity index (χ3n) is 2.15. The van der Waals surface area contributed by atoms with E-state index in [4.69, 9.17) is 14.6 Å². The number of amides is 1. The van der Waals surface area contributed by atoms with Crippen LogP contribution in [-0.2, 0) is 14.4 Å². The van der Waals surface area contributed by atoms with Crippen LogP contribution in [0.1, 0.15) is 17.9 Å². The van der Waals surface area contributed by atoms with Gasteiger partial charge in [0.15, 0.2) is 0 Å². The van der Waals surface area contributed by atoms with E-state index in [0.29, 0.717) is 11.5 Å². The van der Waals surface area contributed by atoms with Crippen LogP contribution >= 0.6 is 0 Å². The minimum Gasteiger partial charge on any atom is -0.481 e. The summed E-state index contributed by atoms with van der Waals surface area (Å²) in [5, 5.41) is 19.3. The summed E-state index contributed by atoms with van der Waals surface area (Å²) < 4.78 is 5.17. The molecular formula is C12H13NO6. The lowest BCUT2D eigenvalue weighted by Crippen LogP contribution is -2.41. The van der Waals surface area contributed by atoms with Crippen molar-refractivity contribution in [1.82, 2.24) is 5.32 Å². The van der Waals surface area contributed by atoms with E-state index in [1.807, 2.05) is 0 Å². The van der Waals surface area contributed by atoms with Crippen LogP contribution in [0.2, 0.25) is 0 Å². The Balaban J connectivity index is 2.60. The van der Waals surface area contributed by atoms with Gasteiger partial charge >= 0.3 is 11.9 Å². The Morgan fingerprint density at radius 2 is 2.05 bits per heavy atom. The first-order chi connectivity index (χ1) is 8.88. The van der Waals surface area contributed by atoms with E-state index in [2.05, 4.69) is 5.32 Å². The van der Waals surface area contributed by atoms with Crippen molar-refractivity contribution in [2.24, 2.45) is 0 Å². The van der Waals surface area contributed by atoms with Crippen molar-refractivity contribution in [3.8, 4) is 0 Å². The molecule has 0 bridgehead atoms. The molecule has 0 aromatic carbocycles. The molecule has 19 heavy (non-hydrogen) atoms. The molecule has 102 valence electrons. The standard InChI is InChI=1S/C12H13NO6/c1-7-2-3-8(19-7)4-5-10(14)13-9(12(17)18)6-11(15)16/h2-5,9H,6H2,1H3,(H,13,14)(H,15,16)(H,17,18)/b5-4+/t9-/m0/s1. The number of carbonyl (C=O) groups is 3. The van der Waals surface area contributed by atoms with Crippen LogP contribution in [0, 0.1) is 6.92 Å². The number of furan rings is 1. The van der Waals surface area contributed by atoms with Crippen molar-refractivity contribution < 1.29 is 29.0 Å². The van der Waals surface area contributed by atoms with Crippen molar-refractivity contribution in [1.29, 1.82) is 0 Å². The first-order valence-electron chi connectivity index (χ1n) is 5.38. The normalized spacial score (nSPS) is 12.3. The number of aliphatic carboxylic acids is 2. The van der Waals surface area contributed by atoms with Crippen LogP contribution in [0.25, 0.3) is 6.08 Å². The molecule has 1 aromatic heterocycles. The molecule has 7 heteroatoms. The number of carbonyl (C=O) groups excluding carboxylic acids is 1. The van der Waals surface area contributed by atoms with E-state index in [1.165, 1.54) is 6.08 Å². The van der Waals surface area contributed by atoms with E-state index in [-0.39, 0.29) is 0 Å². The van der Waals surface area contributed by atoms with E-state index in [9.17, 15) is 14.4 Å². The lowest BCUT2D eigenvalue weighted by atomic mass is 10.2. The third kappa shape index (κ3) is 5.07. The summed E-state index contributed by atoms with van der Waals surface area (Å²) in [7, 11) is 0. The molecule has 0 unspecified atom stereocenters. The topological polar surface area (TPSA) is 117 Å². The zero-order valence-electron chi connectivity index (χ0n) is 10.1. The molecule has 1 atom stereocenters. The van der Waals surface area contributed by atoms with Gasteiger partial charge < -0.3 is 19.9 Å². The minimum atomic E-state index is -1.46. The molecule has 1 aromatic rings. The molecule has 0 fully saturated rings. The lowest BCUT2D eigenvalue weighted by Gasteiger charge is -2.10. The maximum absolute atomic E-state index is 11.4. The molecule has 0 radical (unpaired) electrons. The summed E-state index contributed by atoms with van der Waals surface area (Å²) in [6.07, 6.45) is 1.76. The average Bonchev–Trinajstić information content (AvgIpc) is 2.71. The Morgan fingerprint density at radius 1 is 1.37 bits per heavy atom. The molecule has 1 heterocycles. The number of rotatable bonds is 6. The van der Waals surface area contributed by atoms with Crippen LogP contribution in [0.4, 0.5) is 0 Å². The van der Waals surface area contributed by atoms with Crippen molar-refractivity contribution in [3.05, 3.63) is 29.7 Å². The SMILES string of the molecule is Cc1ccc(/C=C/C(=O)N[C@@H](CC(=O)O)C(=O)O)o1. The Labute approximate surface area is 108 Å². The van der Waals surface area contributed by atoms with Crippen molar-refractivity contribution in [2.75, 3.05) is 0 Å². The van der Waals surface area contributed by atoms with Gasteiger partial charge in [0.05, 0.1) is 6.42 Å². The van der Waals surface area contributed by atoms with Crippen molar-refractivity contribution in [2.45, 2.75) is 19.4 Å². The first kappa shape index (κ1) is 14.5. The molecule has 0 aliphatic carbocycles. The van der Waals surface area contributed by atoms with Crippen LogP contribution in [0.15, 0.2) is 22.6 Å². The summed E-state index contributed by atoms with van der Waals surface area (Å²) in [5.41, 5.74) is 0. The van der Waals surface area contributed by atoms with Crippen LogP contribution in [0.5, 0.6) is 0 Å². The highest BCUT2D eigenvalue weighted by molar-refractivity contribution is 5.95. The van der Waals surface area contributed by atoms with Gasteiger partial charge in [0.25, 0.3) is 0 Å². The van der Waals surface area contributed by atoms with E-state index in [0.717, 1.165) is 6.08 Å².